The van der Waals surface area contributed by atoms with E-state index in [9.17, 15) is 0 Å². The smallest absolute Gasteiger partial charge is 0.120 e. The predicted octanol–water partition coefficient (Wildman–Crippen LogP) is 4.24. The minimum Gasteiger partial charge on any atom is -0.489 e. The molecule has 0 amide bonds. The van der Waals surface area contributed by atoms with Gasteiger partial charge in [-0.15, -0.1) is 0 Å². The zero-order valence-electron chi connectivity index (χ0n) is 13.4. The molecule has 1 aromatic rings. The minimum atomic E-state index is 0.312. The lowest BCUT2D eigenvalue weighted by Crippen LogP contribution is -2.47. The van der Waals surface area contributed by atoms with Crippen LogP contribution in [-0.2, 0) is 0 Å². The molecule has 0 heterocycles. The normalized spacial score (nSPS) is 26.5. The molecule has 112 valence electrons. The maximum atomic E-state index is 6.31. The molecule has 0 saturated heterocycles. The first-order valence-electron chi connectivity index (χ1n) is 8.07. The Morgan fingerprint density at radius 1 is 1.20 bits per heavy atom. The van der Waals surface area contributed by atoms with Gasteiger partial charge in [0.15, 0.2) is 0 Å². The molecule has 2 heteroatoms. The van der Waals surface area contributed by atoms with E-state index in [1.54, 1.807) is 0 Å². The Balaban J connectivity index is 2.04. The Kier molecular flexibility index (Phi) is 5.47. The highest BCUT2D eigenvalue weighted by molar-refractivity contribution is 5.34. The third-order valence-electron chi connectivity index (χ3n) is 4.48. The van der Waals surface area contributed by atoms with E-state index < -0.39 is 0 Å². The average molecular weight is 275 g/mol. The highest BCUT2D eigenvalue weighted by Crippen LogP contribution is 2.28. The summed E-state index contributed by atoms with van der Waals surface area (Å²) in [5.74, 6) is 1.79. The molecular weight excluding hydrogens is 246 g/mol. The van der Waals surface area contributed by atoms with Crippen molar-refractivity contribution in [3.63, 3.8) is 0 Å². The fourth-order valence-corrected chi connectivity index (χ4v) is 2.98. The SMILES string of the molecule is CCCNC1CCC(C)CC1Oc1ccc(C)c(C)c1. The van der Waals surface area contributed by atoms with Gasteiger partial charge in [-0.05, 0) is 75.3 Å². The predicted molar refractivity (Wildman–Crippen MR) is 85.4 cm³/mol. The standard InChI is InChI=1S/C18H29NO/c1-5-10-19-17-9-6-13(2)11-18(17)20-16-8-7-14(3)15(4)12-16/h7-8,12-13,17-19H,5-6,9-11H2,1-4H3. The molecule has 1 aliphatic carbocycles. The molecule has 20 heavy (non-hydrogen) atoms. The van der Waals surface area contributed by atoms with Crippen LogP contribution in [0, 0.1) is 19.8 Å². The molecule has 2 rings (SSSR count). The summed E-state index contributed by atoms with van der Waals surface area (Å²) in [4.78, 5) is 0. The lowest BCUT2D eigenvalue weighted by Gasteiger charge is -2.35. The second-order valence-electron chi connectivity index (χ2n) is 6.38. The van der Waals surface area contributed by atoms with Gasteiger partial charge in [0, 0.05) is 6.04 Å². The highest BCUT2D eigenvalue weighted by atomic mass is 16.5. The van der Waals surface area contributed by atoms with Crippen LogP contribution in [0.15, 0.2) is 18.2 Å². The highest BCUT2D eigenvalue weighted by Gasteiger charge is 2.29. The Morgan fingerprint density at radius 2 is 2.00 bits per heavy atom. The van der Waals surface area contributed by atoms with Crippen LogP contribution in [0.5, 0.6) is 5.75 Å². The Labute approximate surface area is 123 Å². The fourth-order valence-electron chi connectivity index (χ4n) is 2.98. The maximum Gasteiger partial charge on any atom is 0.120 e. The number of hydrogen-bond acceptors (Lipinski definition) is 2. The molecule has 1 saturated carbocycles. The molecular formula is C18H29NO. The van der Waals surface area contributed by atoms with Crippen molar-refractivity contribution in [2.24, 2.45) is 5.92 Å². The van der Waals surface area contributed by atoms with Crippen molar-refractivity contribution in [3.05, 3.63) is 29.3 Å². The van der Waals surface area contributed by atoms with Crippen molar-refractivity contribution in [1.82, 2.24) is 5.32 Å². The summed E-state index contributed by atoms with van der Waals surface area (Å²) in [6.07, 6.45) is 5.20. The van der Waals surface area contributed by atoms with E-state index in [0.29, 0.717) is 12.1 Å². The van der Waals surface area contributed by atoms with Gasteiger partial charge >= 0.3 is 0 Å². The van der Waals surface area contributed by atoms with Crippen molar-refractivity contribution in [2.75, 3.05) is 6.54 Å². The number of ether oxygens (including phenoxy) is 1. The zero-order valence-corrected chi connectivity index (χ0v) is 13.4. The van der Waals surface area contributed by atoms with Crippen LogP contribution in [0.3, 0.4) is 0 Å². The van der Waals surface area contributed by atoms with Gasteiger partial charge in [-0.2, -0.15) is 0 Å². The van der Waals surface area contributed by atoms with Crippen LogP contribution in [0.4, 0.5) is 0 Å². The van der Waals surface area contributed by atoms with Gasteiger partial charge < -0.3 is 10.1 Å². The van der Waals surface area contributed by atoms with E-state index in [4.69, 9.17) is 4.74 Å². The summed E-state index contributed by atoms with van der Waals surface area (Å²) in [5.41, 5.74) is 2.64. The summed E-state index contributed by atoms with van der Waals surface area (Å²) in [7, 11) is 0. The summed E-state index contributed by atoms with van der Waals surface area (Å²) in [6, 6.07) is 6.95. The Morgan fingerprint density at radius 3 is 2.70 bits per heavy atom. The number of nitrogens with one attached hydrogen (secondary N) is 1. The largest absolute Gasteiger partial charge is 0.489 e. The number of hydrogen-bond donors (Lipinski definition) is 1. The van der Waals surface area contributed by atoms with Gasteiger partial charge in [-0.1, -0.05) is 19.9 Å². The van der Waals surface area contributed by atoms with Crippen LogP contribution >= 0.6 is 0 Å². The number of aryl methyl sites for hydroxylation is 2. The molecule has 1 fully saturated rings. The van der Waals surface area contributed by atoms with Gasteiger partial charge in [0.25, 0.3) is 0 Å². The molecule has 0 aromatic heterocycles. The first-order valence-corrected chi connectivity index (χ1v) is 8.07. The molecule has 2 nitrogen and oxygen atoms in total. The molecule has 1 aromatic carbocycles. The lowest BCUT2D eigenvalue weighted by atomic mass is 9.85. The third-order valence-corrected chi connectivity index (χ3v) is 4.48. The molecule has 0 bridgehead atoms. The van der Waals surface area contributed by atoms with Gasteiger partial charge in [-0.25, -0.2) is 0 Å². The average Bonchev–Trinajstić information content (AvgIpc) is 2.42. The van der Waals surface area contributed by atoms with Crippen LogP contribution in [-0.4, -0.2) is 18.7 Å². The van der Waals surface area contributed by atoms with E-state index in [2.05, 4.69) is 51.2 Å². The maximum absolute atomic E-state index is 6.31. The van der Waals surface area contributed by atoms with Gasteiger partial charge in [-0.3, -0.25) is 0 Å². The molecule has 3 unspecified atom stereocenters. The summed E-state index contributed by atoms with van der Waals surface area (Å²) >= 11 is 0. The molecule has 3 atom stereocenters. The van der Waals surface area contributed by atoms with Crippen molar-refractivity contribution in [3.8, 4) is 5.75 Å². The molecule has 0 spiro atoms. The van der Waals surface area contributed by atoms with E-state index in [-0.39, 0.29) is 0 Å². The van der Waals surface area contributed by atoms with Gasteiger partial charge in [0.1, 0.15) is 11.9 Å². The van der Waals surface area contributed by atoms with Crippen molar-refractivity contribution >= 4 is 0 Å². The van der Waals surface area contributed by atoms with E-state index in [0.717, 1.165) is 24.6 Å². The zero-order chi connectivity index (χ0) is 14.5. The monoisotopic (exact) mass is 275 g/mol. The van der Waals surface area contributed by atoms with Crippen molar-refractivity contribution in [1.29, 1.82) is 0 Å². The first kappa shape index (κ1) is 15.4. The first-order chi connectivity index (χ1) is 9.60. The van der Waals surface area contributed by atoms with Crippen LogP contribution < -0.4 is 10.1 Å². The molecule has 0 aliphatic heterocycles. The van der Waals surface area contributed by atoms with Crippen molar-refractivity contribution < 1.29 is 4.74 Å². The van der Waals surface area contributed by atoms with Gasteiger partial charge in [0.05, 0.1) is 0 Å². The quantitative estimate of drug-likeness (QED) is 0.868. The molecule has 1 N–H and O–H groups in total. The summed E-state index contributed by atoms with van der Waals surface area (Å²) in [5, 5.41) is 3.66. The molecule has 0 radical (unpaired) electrons. The third kappa shape index (κ3) is 3.99. The fraction of sp³-hybridized carbons (Fsp3) is 0.667. The van der Waals surface area contributed by atoms with Crippen LogP contribution in [0.1, 0.15) is 50.7 Å². The van der Waals surface area contributed by atoms with E-state index in [1.165, 1.54) is 30.4 Å². The number of rotatable bonds is 5. The second-order valence-corrected chi connectivity index (χ2v) is 6.38. The van der Waals surface area contributed by atoms with E-state index in [1.807, 2.05) is 0 Å². The van der Waals surface area contributed by atoms with E-state index >= 15 is 0 Å². The Bertz CT molecular complexity index is 427. The van der Waals surface area contributed by atoms with Gasteiger partial charge in [0.2, 0.25) is 0 Å². The summed E-state index contributed by atoms with van der Waals surface area (Å²) < 4.78 is 6.31. The lowest BCUT2D eigenvalue weighted by molar-refractivity contribution is 0.0908. The second kappa shape index (κ2) is 7.12. The van der Waals surface area contributed by atoms with Crippen LogP contribution in [0.2, 0.25) is 0 Å². The molecule has 1 aliphatic rings. The Hall–Kier alpha value is -1.02. The number of benzene rings is 1. The summed E-state index contributed by atoms with van der Waals surface area (Å²) in [6.45, 7) is 9.95. The van der Waals surface area contributed by atoms with Crippen LogP contribution in [0.25, 0.3) is 0 Å². The topological polar surface area (TPSA) is 21.3 Å². The minimum absolute atomic E-state index is 0.312. The van der Waals surface area contributed by atoms with Crippen molar-refractivity contribution in [2.45, 2.75) is 65.5 Å².